The lowest BCUT2D eigenvalue weighted by Crippen LogP contribution is -2.30. The van der Waals surface area contributed by atoms with Crippen LogP contribution in [0.15, 0.2) is 18.2 Å². The maximum Gasteiger partial charge on any atom is 0.251 e. The van der Waals surface area contributed by atoms with Gasteiger partial charge >= 0.3 is 0 Å². The van der Waals surface area contributed by atoms with E-state index < -0.39 is 0 Å². The fourth-order valence-corrected chi connectivity index (χ4v) is 1.59. The second-order valence-electron chi connectivity index (χ2n) is 4.29. The number of benzene rings is 1. The predicted molar refractivity (Wildman–Crippen MR) is 70.9 cm³/mol. The van der Waals surface area contributed by atoms with E-state index in [4.69, 9.17) is 9.47 Å². The van der Waals surface area contributed by atoms with Crippen molar-refractivity contribution in [2.75, 3.05) is 13.7 Å². The van der Waals surface area contributed by atoms with Crippen LogP contribution in [0.2, 0.25) is 0 Å². The summed E-state index contributed by atoms with van der Waals surface area (Å²) in [7, 11) is 1.61. The first-order chi connectivity index (χ1) is 8.58. The molecule has 0 aromatic heterocycles. The number of methoxy groups -OCH3 is 1. The quantitative estimate of drug-likeness (QED) is 0.844. The van der Waals surface area contributed by atoms with Crippen LogP contribution in [0.1, 0.15) is 36.7 Å². The van der Waals surface area contributed by atoms with E-state index in [-0.39, 0.29) is 11.9 Å². The number of ether oxygens (including phenoxy) is 2. The zero-order chi connectivity index (χ0) is 13.5. The molecule has 1 aromatic carbocycles. The normalized spacial score (nSPS) is 10.5. The van der Waals surface area contributed by atoms with Gasteiger partial charge in [-0.05, 0) is 39.0 Å². The first-order valence-electron chi connectivity index (χ1n) is 6.14. The van der Waals surface area contributed by atoms with Gasteiger partial charge in [-0.2, -0.15) is 0 Å². The molecule has 0 saturated carbocycles. The third-order valence-corrected chi connectivity index (χ3v) is 2.42. The summed E-state index contributed by atoms with van der Waals surface area (Å²) in [4.78, 5) is 11.9. The Balaban J connectivity index is 2.91. The topological polar surface area (TPSA) is 47.6 Å². The van der Waals surface area contributed by atoms with Gasteiger partial charge in [0.2, 0.25) is 0 Å². The summed E-state index contributed by atoms with van der Waals surface area (Å²) in [5.74, 6) is 0.662. The highest BCUT2D eigenvalue weighted by Crippen LogP contribution is 2.20. The average molecular weight is 251 g/mol. The van der Waals surface area contributed by atoms with Gasteiger partial charge in [-0.3, -0.25) is 4.79 Å². The van der Waals surface area contributed by atoms with Crippen molar-refractivity contribution in [2.45, 2.75) is 33.4 Å². The van der Waals surface area contributed by atoms with Gasteiger partial charge in [-0.25, -0.2) is 0 Å². The Morgan fingerprint density at radius 2 is 2.11 bits per heavy atom. The molecule has 1 N–H and O–H groups in total. The van der Waals surface area contributed by atoms with E-state index in [1.54, 1.807) is 19.2 Å². The molecule has 0 bridgehead atoms. The maximum atomic E-state index is 11.9. The minimum absolute atomic E-state index is 0.0783. The summed E-state index contributed by atoms with van der Waals surface area (Å²) in [6.45, 7) is 6.88. The van der Waals surface area contributed by atoms with Crippen LogP contribution in [-0.2, 0) is 11.3 Å². The Labute approximate surface area is 108 Å². The van der Waals surface area contributed by atoms with Crippen LogP contribution < -0.4 is 10.1 Å². The Kier molecular flexibility index (Phi) is 5.65. The van der Waals surface area contributed by atoms with Crippen LogP contribution in [0.25, 0.3) is 0 Å². The molecule has 4 nitrogen and oxygen atoms in total. The summed E-state index contributed by atoms with van der Waals surface area (Å²) in [5.41, 5.74) is 1.51. The standard InChI is InChI=1S/C14H21NO3/c1-5-18-9-12-8-11(6-7-13(12)17-4)14(16)15-10(2)3/h6-8,10H,5,9H2,1-4H3,(H,15,16). The molecule has 0 aliphatic carbocycles. The van der Waals surface area contributed by atoms with Crippen molar-refractivity contribution in [1.82, 2.24) is 5.32 Å². The lowest BCUT2D eigenvalue weighted by atomic mass is 10.1. The molecule has 0 fully saturated rings. The molecule has 18 heavy (non-hydrogen) atoms. The zero-order valence-electron chi connectivity index (χ0n) is 11.4. The van der Waals surface area contributed by atoms with Crippen LogP contribution in [0.5, 0.6) is 5.75 Å². The third-order valence-electron chi connectivity index (χ3n) is 2.42. The van der Waals surface area contributed by atoms with E-state index in [2.05, 4.69) is 5.32 Å². The molecule has 1 rings (SSSR count). The number of amides is 1. The molecule has 0 unspecified atom stereocenters. The third kappa shape index (κ3) is 4.04. The number of carbonyl (C=O) groups excluding carboxylic acids is 1. The van der Waals surface area contributed by atoms with Gasteiger partial charge in [0, 0.05) is 23.8 Å². The first kappa shape index (κ1) is 14.5. The molecule has 4 heteroatoms. The van der Waals surface area contributed by atoms with E-state index in [9.17, 15) is 4.79 Å². The van der Waals surface area contributed by atoms with Crippen LogP contribution in [-0.4, -0.2) is 25.7 Å². The van der Waals surface area contributed by atoms with Gasteiger partial charge in [0.15, 0.2) is 0 Å². The molecule has 0 heterocycles. The molecule has 0 aliphatic heterocycles. The SMILES string of the molecule is CCOCc1cc(C(=O)NC(C)C)ccc1OC. The fraction of sp³-hybridized carbons (Fsp3) is 0.500. The number of hydrogen-bond acceptors (Lipinski definition) is 3. The largest absolute Gasteiger partial charge is 0.496 e. The van der Waals surface area contributed by atoms with Gasteiger partial charge in [0.05, 0.1) is 13.7 Å². The lowest BCUT2D eigenvalue weighted by Gasteiger charge is -2.12. The van der Waals surface area contributed by atoms with E-state index in [0.29, 0.717) is 18.8 Å². The molecular formula is C14H21NO3. The van der Waals surface area contributed by atoms with E-state index in [1.807, 2.05) is 26.8 Å². The number of rotatable bonds is 6. The lowest BCUT2D eigenvalue weighted by molar-refractivity contribution is 0.0942. The van der Waals surface area contributed by atoms with Gasteiger partial charge < -0.3 is 14.8 Å². The van der Waals surface area contributed by atoms with Crippen molar-refractivity contribution >= 4 is 5.91 Å². The molecule has 0 atom stereocenters. The molecule has 0 radical (unpaired) electrons. The summed E-state index contributed by atoms with van der Waals surface area (Å²) >= 11 is 0. The Bertz CT molecular complexity index is 402. The molecule has 1 amide bonds. The van der Waals surface area contributed by atoms with E-state index in [1.165, 1.54) is 0 Å². The van der Waals surface area contributed by atoms with Gasteiger partial charge in [-0.1, -0.05) is 0 Å². The maximum absolute atomic E-state index is 11.9. The summed E-state index contributed by atoms with van der Waals surface area (Å²) < 4.78 is 10.6. The number of hydrogen-bond donors (Lipinski definition) is 1. The molecule has 1 aromatic rings. The van der Waals surface area contributed by atoms with Crippen molar-refractivity contribution in [3.05, 3.63) is 29.3 Å². The molecule has 0 aliphatic rings. The second-order valence-corrected chi connectivity index (χ2v) is 4.29. The van der Waals surface area contributed by atoms with Crippen molar-refractivity contribution in [3.8, 4) is 5.75 Å². The highest BCUT2D eigenvalue weighted by Gasteiger charge is 2.11. The Morgan fingerprint density at radius 3 is 2.67 bits per heavy atom. The zero-order valence-corrected chi connectivity index (χ0v) is 11.4. The van der Waals surface area contributed by atoms with Gasteiger partial charge in [0.1, 0.15) is 5.75 Å². The number of nitrogens with one attached hydrogen (secondary N) is 1. The Hall–Kier alpha value is -1.55. The summed E-state index contributed by atoms with van der Waals surface area (Å²) in [5, 5.41) is 2.86. The van der Waals surface area contributed by atoms with E-state index >= 15 is 0 Å². The molecule has 0 saturated heterocycles. The van der Waals surface area contributed by atoms with Crippen molar-refractivity contribution < 1.29 is 14.3 Å². The minimum Gasteiger partial charge on any atom is -0.496 e. The summed E-state index contributed by atoms with van der Waals surface area (Å²) in [6.07, 6.45) is 0. The van der Waals surface area contributed by atoms with Crippen LogP contribution in [0, 0.1) is 0 Å². The predicted octanol–water partition coefficient (Wildman–Crippen LogP) is 2.37. The number of carbonyl (C=O) groups is 1. The van der Waals surface area contributed by atoms with Gasteiger partial charge in [-0.15, -0.1) is 0 Å². The van der Waals surface area contributed by atoms with Crippen LogP contribution in [0.3, 0.4) is 0 Å². The highest BCUT2D eigenvalue weighted by molar-refractivity contribution is 5.94. The molecule has 100 valence electrons. The average Bonchev–Trinajstić information content (AvgIpc) is 2.35. The van der Waals surface area contributed by atoms with Crippen LogP contribution in [0.4, 0.5) is 0 Å². The van der Waals surface area contributed by atoms with Crippen molar-refractivity contribution in [3.63, 3.8) is 0 Å². The highest BCUT2D eigenvalue weighted by atomic mass is 16.5. The molecular weight excluding hydrogens is 230 g/mol. The fourth-order valence-electron chi connectivity index (χ4n) is 1.59. The second kappa shape index (κ2) is 7.01. The monoisotopic (exact) mass is 251 g/mol. The first-order valence-corrected chi connectivity index (χ1v) is 6.14. The Morgan fingerprint density at radius 1 is 1.39 bits per heavy atom. The van der Waals surface area contributed by atoms with Crippen molar-refractivity contribution in [2.24, 2.45) is 0 Å². The van der Waals surface area contributed by atoms with Crippen molar-refractivity contribution in [1.29, 1.82) is 0 Å². The van der Waals surface area contributed by atoms with E-state index in [0.717, 1.165) is 11.3 Å². The summed E-state index contributed by atoms with van der Waals surface area (Å²) in [6, 6.07) is 5.48. The van der Waals surface area contributed by atoms with Crippen LogP contribution >= 0.6 is 0 Å². The minimum atomic E-state index is -0.0783. The smallest absolute Gasteiger partial charge is 0.251 e. The molecule has 0 spiro atoms. The van der Waals surface area contributed by atoms with Gasteiger partial charge in [0.25, 0.3) is 5.91 Å².